The van der Waals surface area contributed by atoms with E-state index in [1.807, 2.05) is 12.1 Å². The number of nitrogens with one attached hydrogen (secondary N) is 2. The maximum absolute atomic E-state index is 12.4. The highest BCUT2D eigenvalue weighted by atomic mass is 16.5. The second-order valence-electron chi connectivity index (χ2n) is 5.39. The van der Waals surface area contributed by atoms with Crippen molar-refractivity contribution >= 4 is 5.91 Å². The molecule has 3 aromatic rings. The first-order valence-electron chi connectivity index (χ1n) is 7.36. The Hall–Kier alpha value is -3.03. The largest absolute Gasteiger partial charge is 0.345 e. The maximum Gasteiger partial charge on any atom is 0.252 e. The second kappa shape index (κ2) is 5.64. The molecule has 0 unspecified atom stereocenters. The third kappa shape index (κ3) is 2.83. The minimum absolute atomic E-state index is 0.222. The van der Waals surface area contributed by atoms with Crippen LogP contribution in [-0.2, 0) is 6.54 Å². The lowest BCUT2D eigenvalue weighted by atomic mass is 10.1. The molecule has 1 amide bonds. The van der Waals surface area contributed by atoms with Crippen LogP contribution in [0.4, 0.5) is 0 Å². The van der Waals surface area contributed by atoms with Crippen molar-refractivity contribution in [3.8, 4) is 11.4 Å². The molecule has 8 nitrogen and oxygen atoms in total. The van der Waals surface area contributed by atoms with E-state index in [1.54, 1.807) is 12.1 Å². The molecule has 0 radical (unpaired) electrons. The second-order valence-corrected chi connectivity index (χ2v) is 5.39. The molecule has 0 aliphatic heterocycles. The van der Waals surface area contributed by atoms with E-state index in [9.17, 15) is 4.79 Å². The number of nitrogens with zero attached hydrogens (tertiary/aromatic N) is 4. The van der Waals surface area contributed by atoms with Gasteiger partial charge in [-0.05, 0) is 18.9 Å². The van der Waals surface area contributed by atoms with E-state index in [2.05, 4.69) is 30.6 Å². The molecule has 0 bridgehead atoms. The number of H-pyrrole nitrogens is 1. The van der Waals surface area contributed by atoms with Crippen molar-refractivity contribution in [1.29, 1.82) is 0 Å². The number of carbonyl (C=O) groups excluding carboxylic acids is 1. The molecule has 2 heterocycles. The Bertz CT molecular complexity index is 822. The van der Waals surface area contributed by atoms with Gasteiger partial charge in [-0.2, -0.15) is 10.1 Å². The molecule has 2 aromatic heterocycles. The molecule has 0 spiro atoms. The standard InChI is InChI=1S/C15H14N6O2/c22-14(16-7-12-19-15(23-21-12)9-5-6-9)11-4-2-1-3-10(11)13-17-8-18-20-13/h1-4,8-9H,5-7H2,(H,16,22)(H,17,18,20). The van der Waals surface area contributed by atoms with E-state index in [1.165, 1.54) is 6.33 Å². The third-order valence-electron chi connectivity index (χ3n) is 3.66. The Labute approximate surface area is 131 Å². The number of aromatic amines is 1. The summed E-state index contributed by atoms with van der Waals surface area (Å²) in [4.78, 5) is 20.8. The molecule has 4 rings (SSSR count). The van der Waals surface area contributed by atoms with E-state index in [-0.39, 0.29) is 12.5 Å². The molecule has 116 valence electrons. The van der Waals surface area contributed by atoms with Gasteiger partial charge in [0.2, 0.25) is 5.89 Å². The molecule has 1 aliphatic carbocycles. The molecule has 0 saturated heterocycles. The minimum atomic E-state index is -0.227. The van der Waals surface area contributed by atoms with Gasteiger partial charge in [-0.3, -0.25) is 9.89 Å². The predicted octanol–water partition coefficient (Wildman–Crippen LogP) is 1.66. The first kappa shape index (κ1) is 13.6. The van der Waals surface area contributed by atoms with Crippen LogP contribution in [0.15, 0.2) is 35.1 Å². The number of hydrogen-bond acceptors (Lipinski definition) is 6. The van der Waals surface area contributed by atoms with Crippen LogP contribution >= 0.6 is 0 Å². The number of aromatic nitrogens is 5. The fraction of sp³-hybridized carbons (Fsp3) is 0.267. The quantitative estimate of drug-likeness (QED) is 0.741. The van der Waals surface area contributed by atoms with Crippen LogP contribution in [-0.4, -0.2) is 31.2 Å². The van der Waals surface area contributed by atoms with Crippen LogP contribution in [0.25, 0.3) is 11.4 Å². The van der Waals surface area contributed by atoms with Crippen LogP contribution in [0.5, 0.6) is 0 Å². The van der Waals surface area contributed by atoms with Gasteiger partial charge >= 0.3 is 0 Å². The summed E-state index contributed by atoms with van der Waals surface area (Å²) in [6, 6.07) is 7.19. The summed E-state index contributed by atoms with van der Waals surface area (Å²) in [6.07, 6.45) is 3.60. The van der Waals surface area contributed by atoms with Gasteiger partial charge in [0.15, 0.2) is 11.6 Å². The number of rotatable bonds is 5. The summed E-state index contributed by atoms with van der Waals surface area (Å²) in [5.74, 6) is 1.87. The Kier molecular flexibility index (Phi) is 3.34. The maximum atomic E-state index is 12.4. The van der Waals surface area contributed by atoms with Gasteiger partial charge in [0.05, 0.1) is 12.1 Å². The lowest BCUT2D eigenvalue weighted by Crippen LogP contribution is -2.24. The highest BCUT2D eigenvalue weighted by Gasteiger charge is 2.29. The topological polar surface area (TPSA) is 110 Å². The zero-order valence-corrected chi connectivity index (χ0v) is 12.2. The molecule has 23 heavy (non-hydrogen) atoms. The van der Waals surface area contributed by atoms with E-state index in [0.29, 0.717) is 34.6 Å². The summed E-state index contributed by atoms with van der Waals surface area (Å²) in [5, 5.41) is 13.3. The minimum Gasteiger partial charge on any atom is -0.345 e. The fourth-order valence-corrected chi connectivity index (χ4v) is 2.31. The summed E-state index contributed by atoms with van der Waals surface area (Å²) in [5.41, 5.74) is 1.20. The fourth-order valence-electron chi connectivity index (χ4n) is 2.31. The summed E-state index contributed by atoms with van der Waals surface area (Å²) in [7, 11) is 0. The normalized spacial score (nSPS) is 13.9. The average molecular weight is 310 g/mol. The van der Waals surface area contributed by atoms with Gasteiger partial charge in [-0.15, -0.1) is 0 Å². The molecular formula is C15H14N6O2. The Morgan fingerprint density at radius 2 is 2.22 bits per heavy atom. The Balaban J connectivity index is 1.48. The lowest BCUT2D eigenvalue weighted by molar-refractivity contribution is 0.0950. The van der Waals surface area contributed by atoms with E-state index >= 15 is 0 Å². The van der Waals surface area contributed by atoms with Crippen LogP contribution in [0.3, 0.4) is 0 Å². The smallest absolute Gasteiger partial charge is 0.252 e. The predicted molar refractivity (Wildman–Crippen MR) is 79.3 cm³/mol. The molecule has 1 fully saturated rings. The molecular weight excluding hydrogens is 296 g/mol. The van der Waals surface area contributed by atoms with Crippen molar-refractivity contribution in [2.24, 2.45) is 0 Å². The zero-order chi connectivity index (χ0) is 15.6. The van der Waals surface area contributed by atoms with Crippen molar-refractivity contribution in [2.75, 3.05) is 0 Å². The van der Waals surface area contributed by atoms with Gasteiger partial charge in [-0.1, -0.05) is 23.4 Å². The molecule has 1 saturated carbocycles. The van der Waals surface area contributed by atoms with Crippen LogP contribution in [0.1, 0.15) is 40.8 Å². The summed E-state index contributed by atoms with van der Waals surface area (Å²) < 4.78 is 5.17. The van der Waals surface area contributed by atoms with Crippen molar-refractivity contribution in [3.63, 3.8) is 0 Å². The van der Waals surface area contributed by atoms with Crippen LogP contribution < -0.4 is 5.32 Å². The highest BCUT2D eigenvalue weighted by molar-refractivity contribution is 6.00. The zero-order valence-electron chi connectivity index (χ0n) is 12.2. The molecule has 8 heteroatoms. The highest BCUT2D eigenvalue weighted by Crippen LogP contribution is 2.38. The van der Waals surface area contributed by atoms with E-state index < -0.39 is 0 Å². The molecule has 0 atom stereocenters. The van der Waals surface area contributed by atoms with Crippen LogP contribution in [0.2, 0.25) is 0 Å². The number of carbonyl (C=O) groups is 1. The van der Waals surface area contributed by atoms with E-state index in [0.717, 1.165) is 12.8 Å². The summed E-state index contributed by atoms with van der Waals surface area (Å²) in [6.45, 7) is 0.222. The number of benzene rings is 1. The van der Waals surface area contributed by atoms with E-state index in [4.69, 9.17) is 4.52 Å². The summed E-state index contributed by atoms with van der Waals surface area (Å²) >= 11 is 0. The first-order chi connectivity index (χ1) is 11.3. The van der Waals surface area contributed by atoms with Gasteiger partial charge in [0, 0.05) is 11.5 Å². The van der Waals surface area contributed by atoms with Crippen molar-refractivity contribution in [2.45, 2.75) is 25.3 Å². The third-order valence-corrected chi connectivity index (χ3v) is 3.66. The van der Waals surface area contributed by atoms with Crippen LogP contribution in [0, 0.1) is 0 Å². The Morgan fingerprint density at radius 1 is 1.35 bits per heavy atom. The number of amides is 1. The average Bonchev–Trinajstić information content (AvgIpc) is 3.11. The van der Waals surface area contributed by atoms with Gasteiger partial charge < -0.3 is 9.84 Å². The number of hydrogen-bond donors (Lipinski definition) is 2. The monoisotopic (exact) mass is 310 g/mol. The SMILES string of the molecule is O=C(NCc1noc(C2CC2)n1)c1ccccc1-c1ncn[nH]1. The Morgan fingerprint density at radius 3 is 3.00 bits per heavy atom. The van der Waals surface area contributed by atoms with Gasteiger partial charge in [0.1, 0.15) is 6.33 Å². The van der Waals surface area contributed by atoms with Crippen molar-refractivity contribution in [3.05, 3.63) is 47.9 Å². The first-order valence-corrected chi connectivity index (χ1v) is 7.36. The molecule has 2 N–H and O–H groups in total. The molecule has 1 aliphatic rings. The van der Waals surface area contributed by atoms with Gasteiger partial charge in [0.25, 0.3) is 5.91 Å². The van der Waals surface area contributed by atoms with Crippen molar-refractivity contribution in [1.82, 2.24) is 30.6 Å². The van der Waals surface area contributed by atoms with Gasteiger partial charge in [-0.25, -0.2) is 4.98 Å². The molecule has 1 aromatic carbocycles. The van der Waals surface area contributed by atoms with Crippen molar-refractivity contribution < 1.29 is 9.32 Å². The lowest BCUT2D eigenvalue weighted by Gasteiger charge is -2.06.